The van der Waals surface area contributed by atoms with Gasteiger partial charge in [-0.05, 0) is 17.7 Å². The average Bonchev–Trinajstić information content (AvgIpc) is 2.82. The lowest BCUT2D eigenvalue weighted by molar-refractivity contribution is 0.0702. The number of halogens is 1. The predicted molar refractivity (Wildman–Crippen MR) is 72.4 cm³/mol. The van der Waals surface area contributed by atoms with Crippen molar-refractivity contribution in [2.45, 2.75) is 0 Å². The molecule has 0 amide bonds. The smallest absolute Gasteiger partial charge is 0.345 e. The van der Waals surface area contributed by atoms with Crippen LogP contribution in [0.25, 0.3) is 10.2 Å². The maximum absolute atomic E-state index is 11.0. The van der Waals surface area contributed by atoms with E-state index in [-0.39, 0.29) is 10.2 Å². The zero-order valence-electron chi connectivity index (χ0n) is 9.80. The first-order valence-electron chi connectivity index (χ1n) is 5.68. The number of aromatic carboxylic acids is 1. The molecule has 0 aliphatic carbocycles. The fraction of sp³-hybridized carbons (Fsp3) is 0.364. The number of carboxylic acids is 1. The van der Waals surface area contributed by atoms with E-state index in [1.54, 1.807) is 6.07 Å². The number of morpholine rings is 1. The Morgan fingerprint density at radius 2 is 2.16 bits per heavy atom. The molecule has 0 bridgehead atoms. The SMILES string of the molecule is O=C(O)c1cc2c(N3CCOCC3)nc(Cl)nc2s1. The van der Waals surface area contributed by atoms with Gasteiger partial charge in [-0.1, -0.05) is 0 Å². The second-order valence-corrected chi connectivity index (χ2v) is 5.42. The zero-order valence-corrected chi connectivity index (χ0v) is 11.4. The number of thiophene rings is 1. The highest BCUT2D eigenvalue weighted by molar-refractivity contribution is 7.20. The third kappa shape index (κ3) is 2.36. The highest BCUT2D eigenvalue weighted by Gasteiger charge is 2.20. The number of nitrogens with zero attached hydrogens (tertiary/aromatic N) is 3. The molecule has 1 aliphatic rings. The van der Waals surface area contributed by atoms with Gasteiger partial charge in [0, 0.05) is 13.1 Å². The van der Waals surface area contributed by atoms with Gasteiger partial charge in [-0.25, -0.2) is 9.78 Å². The van der Waals surface area contributed by atoms with Crippen molar-refractivity contribution in [1.29, 1.82) is 0 Å². The molecule has 0 radical (unpaired) electrons. The van der Waals surface area contributed by atoms with Crippen LogP contribution >= 0.6 is 22.9 Å². The first-order valence-corrected chi connectivity index (χ1v) is 6.87. The molecule has 0 unspecified atom stereocenters. The van der Waals surface area contributed by atoms with Crippen molar-refractivity contribution in [1.82, 2.24) is 9.97 Å². The largest absolute Gasteiger partial charge is 0.477 e. The molecule has 6 nitrogen and oxygen atoms in total. The van der Waals surface area contributed by atoms with E-state index < -0.39 is 5.97 Å². The molecule has 3 heterocycles. The summed E-state index contributed by atoms with van der Waals surface area (Å²) in [5.74, 6) is -0.283. The van der Waals surface area contributed by atoms with Crippen LogP contribution < -0.4 is 4.90 Å². The summed E-state index contributed by atoms with van der Waals surface area (Å²) in [7, 11) is 0. The number of carbonyl (C=O) groups is 1. The topological polar surface area (TPSA) is 75.5 Å². The van der Waals surface area contributed by atoms with E-state index in [2.05, 4.69) is 9.97 Å². The van der Waals surface area contributed by atoms with E-state index in [0.29, 0.717) is 37.0 Å². The molecule has 1 aliphatic heterocycles. The van der Waals surface area contributed by atoms with Gasteiger partial charge < -0.3 is 14.7 Å². The maximum Gasteiger partial charge on any atom is 0.345 e. The first kappa shape index (κ1) is 12.6. The number of ether oxygens (including phenoxy) is 1. The Morgan fingerprint density at radius 3 is 2.84 bits per heavy atom. The number of fused-ring (bicyclic) bond motifs is 1. The number of carboxylic acid groups (broad SMARTS) is 1. The molecule has 0 spiro atoms. The van der Waals surface area contributed by atoms with Crippen molar-refractivity contribution in [2.24, 2.45) is 0 Å². The summed E-state index contributed by atoms with van der Waals surface area (Å²) >= 11 is 7.02. The van der Waals surface area contributed by atoms with Crippen LogP contribution in [0.4, 0.5) is 5.82 Å². The molecule has 8 heteroatoms. The fourth-order valence-corrected chi connectivity index (χ4v) is 3.08. The van der Waals surface area contributed by atoms with E-state index >= 15 is 0 Å². The van der Waals surface area contributed by atoms with Crippen molar-refractivity contribution in [3.8, 4) is 0 Å². The van der Waals surface area contributed by atoms with Crippen LogP contribution in [0.2, 0.25) is 5.28 Å². The zero-order chi connectivity index (χ0) is 13.4. The number of hydrogen-bond donors (Lipinski definition) is 1. The lowest BCUT2D eigenvalue weighted by Crippen LogP contribution is -2.36. The summed E-state index contributed by atoms with van der Waals surface area (Å²) in [6.07, 6.45) is 0. The van der Waals surface area contributed by atoms with Gasteiger partial charge in [-0.15, -0.1) is 11.3 Å². The van der Waals surface area contributed by atoms with E-state index in [0.717, 1.165) is 16.7 Å². The Morgan fingerprint density at radius 1 is 1.42 bits per heavy atom. The van der Waals surface area contributed by atoms with E-state index in [1.807, 2.05) is 4.90 Å². The van der Waals surface area contributed by atoms with Crippen molar-refractivity contribution >= 4 is 44.9 Å². The molecule has 100 valence electrons. The number of hydrogen-bond acceptors (Lipinski definition) is 6. The number of rotatable bonds is 2. The molecule has 3 rings (SSSR count). The highest BCUT2D eigenvalue weighted by Crippen LogP contribution is 2.32. The Kier molecular flexibility index (Phi) is 3.26. The Balaban J connectivity index is 2.13. The summed E-state index contributed by atoms with van der Waals surface area (Å²) in [6.45, 7) is 2.67. The standard InChI is InChI=1S/C11H10ClN3O3S/c12-11-13-8(15-1-3-18-4-2-15)6-5-7(10(16)17)19-9(6)14-11/h5H,1-4H2,(H,16,17). The predicted octanol–water partition coefficient (Wildman–Crippen LogP) is 1.88. The molecular weight excluding hydrogens is 290 g/mol. The Hall–Kier alpha value is -1.44. The van der Waals surface area contributed by atoms with Crippen molar-refractivity contribution in [3.05, 3.63) is 16.2 Å². The van der Waals surface area contributed by atoms with Gasteiger partial charge in [0.15, 0.2) is 0 Å². The maximum atomic E-state index is 11.0. The van der Waals surface area contributed by atoms with Gasteiger partial charge in [0.25, 0.3) is 0 Å². The summed E-state index contributed by atoms with van der Waals surface area (Å²) in [5.41, 5.74) is 0. The lowest BCUT2D eigenvalue weighted by atomic mass is 10.3. The van der Waals surface area contributed by atoms with Gasteiger partial charge in [0.05, 0.1) is 18.6 Å². The summed E-state index contributed by atoms with van der Waals surface area (Å²) in [6, 6.07) is 1.60. The minimum Gasteiger partial charge on any atom is -0.477 e. The van der Waals surface area contributed by atoms with Gasteiger partial charge in [-0.2, -0.15) is 4.98 Å². The quantitative estimate of drug-likeness (QED) is 0.853. The molecule has 0 atom stereocenters. The first-order chi connectivity index (χ1) is 9.15. The molecule has 1 fully saturated rings. The molecule has 2 aromatic heterocycles. The second-order valence-electron chi connectivity index (χ2n) is 4.05. The average molecular weight is 300 g/mol. The third-order valence-corrected chi connectivity index (χ3v) is 4.05. The molecule has 1 saturated heterocycles. The number of aromatic nitrogens is 2. The summed E-state index contributed by atoms with van der Waals surface area (Å²) < 4.78 is 5.30. The minimum absolute atomic E-state index is 0.132. The van der Waals surface area contributed by atoms with Crippen LogP contribution in [0.5, 0.6) is 0 Å². The van der Waals surface area contributed by atoms with Crippen LogP contribution in [-0.4, -0.2) is 47.3 Å². The van der Waals surface area contributed by atoms with Gasteiger partial charge in [-0.3, -0.25) is 0 Å². The minimum atomic E-state index is -0.966. The van der Waals surface area contributed by atoms with Crippen molar-refractivity contribution < 1.29 is 14.6 Å². The normalized spacial score (nSPS) is 15.9. The Bertz CT molecular complexity index is 639. The molecule has 19 heavy (non-hydrogen) atoms. The van der Waals surface area contributed by atoms with Crippen LogP contribution in [0.15, 0.2) is 6.07 Å². The fourth-order valence-electron chi connectivity index (χ4n) is 2.00. The second kappa shape index (κ2) is 4.92. The van der Waals surface area contributed by atoms with Gasteiger partial charge in [0.2, 0.25) is 5.28 Å². The number of anilines is 1. The summed E-state index contributed by atoms with van der Waals surface area (Å²) in [5, 5.41) is 9.91. The van der Waals surface area contributed by atoms with E-state index in [4.69, 9.17) is 21.4 Å². The summed E-state index contributed by atoms with van der Waals surface area (Å²) in [4.78, 5) is 22.2. The Labute approximate surface area is 117 Å². The van der Waals surface area contributed by atoms with Gasteiger partial charge in [0.1, 0.15) is 15.5 Å². The van der Waals surface area contributed by atoms with Crippen molar-refractivity contribution in [2.75, 3.05) is 31.2 Å². The van der Waals surface area contributed by atoms with E-state index in [9.17, 15) is 4.79 Å². The van der Waals surface area contributed by atoms with Crippen LogP contribution in [0.1, 0.15) is 9.67 Å². The third-order valence-electron chi connectivity index (χ3n) is 2.87. The van der Waals surface area contributed by atoms with E-state index in [1.165, 1.54) is 0 Å². The molecule has 2 aromatic rings. The molecule has 0 saturated carbocycles. The monoisotopic (exact) mass is 299 g/mol. The molecular formula is C11H10ClN3O3S. The molecule has 1 N–H and O–H groups in total. The lowest BCUT2D eigenvalue weighted by Gasteiger charge is -2.28. The molecule has 0 aromatic carbocycles. The van der Waals surface area contributed by atoms with Crippen LogP contribution in [0, 0.1) is 0 Å². The van der Waals surface area contributed by atoms with Crippen LogP contribution in [0.3, 0.4) is 0 Å². The highest BCUT2D eigenvalue weighted by atomic mass is 35.5. The van der Waals surface area contributed by atoms with Crippen molar-refractivity contribution in [3.63, 3.8) is 0 Å². The van der Waals surface area contributed by atoms with Crippen LogP contribution in [-0.2, 0) is 4.74 Å². The van der Waals surface area contributed by atoms with Gasteiger partial charge >= 0.3 is 5.97 Å².